The van der Waals surface area contributed by atoms with E-state index >= 15 is 0 Å². The topological polar surface area (TPSA) is 175 Å². The molecule has 4 aromatic rings. The van der Waals surface area contributed by atoms with Crippen molar-refractivity contribution in [3.8, 4) is 22.8 Å². The van der Waals surface area contributed by atoms with Crippen LogP contribution in [0.15, 0.2) is 78.9 Å². The summed E-state index contributed by atoms with van der Waals surface area (Å²) in [7, 11) is 2.06. The van der Waals surface area contributed by atoms with Crippen LogP contribution < -0.4 is 26.0 Å². The number of imide groups is 1. The molecule has 15 heteroatoms. The van der Waals surface area contributed by atoms with E-state index in [-0.39, 0.29) is 36.7 Å². The quantitative estimate of drug-likeness (QED) is 0.170. The number of likely N-dealkylation sites (tertiary alicyclic amines) is 2. The van der Waals surface area contributed by atoms with Crippen LogP contribution in [-0.2, 0) is 9.59 Å². The zero-order valence-corrected chi connectivity index (χ0v) is 34.1. The van der Waals surface area contributed by atoms with Gasteiger partial charge in [-0.15, -0.1) is 0 Å². The molecular weight excluding hydrogens is 763 g/mol. The minimum Gasteiger partial charge on any atom is -0.457 e. The monoisotopic (exact) mass is 815 g/mol. The molecule has 1 aromatic heterocycles. The lowest BCUT2D eigenvalue weighted by Gasteiger charge is -2.38. The van der Waals surface area contributed by atoms with Crippen molar-refractivity contribution in [2.45, 2.75) is 51.0 Å². The number of nitrogens with two attached hydrogens (primary N) is 1. The average Bonchev–Trinajstić information content (AvgIpc) is 3.67. The number of para-hydroxylation sites is 1. The van der Waals surface area contributed by atoms with Crippen molar-refractivity contribution in [2.24, 2.45) is 17.6 Å². The molecule has 0 bridgehead atoms. The maximum Gasteiger partial charge on any atom is 0.328 e. The number of nitrogens with zero attached hydrogens (tertiary/aromatic N) is 6. The lowest BCUT2D eigenvalue weighted by molar-refractivity contribution is -0.133. The number of primary amides is 1. The van der Waals surface area contributed by atoms with Crippen LogP contribution >= 0.6 is 0 Å². The fraction of sp³-hybridized carbons (Fsp3) is 0.422. The zero-order valence-electron chi connectivity index (χ0n) is 34.1. The van der Waals surface area contributed by atoms with Gasteiger partial charge < -0.3 is 30.5 Å². The average molecular weight is 816 g/mol. The van der Waals surface area contributed by atoms with Crippen LogP contribution in [0.25, 0.3) is 11.3 Å². The predicted octanol–water partition coefficient (Wildman–Crippen LogP) is 5.36. The van der Waals surface area contributed by atoms with Gasteiger partial charge in [0, 0.05) is 82.0 Å². The predicted molar refractivity (Wildman–Crippen MR) is 227 cm³/mol. The maximum atomic E-state index is 13.4. The van der Waals surface area contributed by atoms with Gasteiger partial charge in [-0.1, -0.05) is 24.3 Å². The Morgan fingerprint density at radius 2 is 1.57 bits per heavy atom. The van der Waals surface area contributed by atoms with Gasteiger partial charge in [0.1, 0.15) is 28.6 Å². The number of carbonyl (C=O) groups is 5. The summed E-state index contributed by atoms with van der Waals surface area (Å²) in [5.41, 5.74) is 8.80. The number of rotatable bonds is 12. The Balaban J connectivity index is 0.794. The number of piperidine rings is 2. The smallest absolute Gasteiger partial charge is 0.328 e. The Kier molecular flexibility index (Phi) is 12.1. The van der Waals surface area contributed by atoms with Crippen LogP contribution in [0.1, 0.15) is 71.7 Å². The second-order valence-electron chi connectivity index (χ2n) is 16.4. The van der Waals surface area contributed by atoms with Gasteiger partial charge in [0.15, 0.2) is 0 Å². The number of nitrogens with one attached hydrogen (secondary N) is 2. The summed E-state index contributed by atoms with van der Waals surface area (Å²) in [5, 5.41) is 10.7. The van der Waals surface area contributed by atoms with Crippen LogP contribution in [-0.4, -0.2) is 114 Å². The summed E-state index contributed by atoms with van der Waals surface area (Å²) in [6.07, 6.45) is 5.00. The first kappa shape index (κ1) is 40.6. The number of anilines is 2. The summed E-state index contributed by atoms with van der Waals surface area (Å²) in [6, 6.07) is 23.7. The third kappa shape index (κ3) is 9.00. The molecule has 1 atom stereocenters. The Bertz CT molecular complexity index is 2210. The molecule has 5 heterocycles. The van der Waals surface area contributed by atoms with Crippen molar-refractivity contribution in [1.29, 1.82) is 0 Å². The van der Waals surface area contributed by atoms with Gasteiger partial charge in [-0.2, -0.15) is 5.10 Å². The van der Waals surface area contributed by atoms with Crippen LogP contribution in [0.3, 0.4) is 0 Å². The van der Waals surface area contributed by atoms with Crippen molar-refractivity contribution in [1.82, 2.24) is 29.8 Å². The molecule has 3 fully saturated rings. The fourth-order valence-electron chi connectivity index (χ4n) is 9.11. The van der Waals surface area contributed by atoms with Gasteiger partial charge in [0.05, 0.1) is 6.04 Å². The molecule has 4 N–H and O–H groups in total. The summed E-state index contributed by atoms with van der Waals surface area (Å²) >= 11 is 0. The standard InChI is InChI=1S/C45H53N9O6/c1-50(29-30-15-23-52(24-16-30)44(58)33-6-5-7-34(28-33)53-27-19-38(55)48-45(53)59)22-20-39(56)51-25-17-31(18-26-51)37-14-21-47-43-40(42(46)57)41(49-54(37)43)32-10-12-36(13-11-32)60-35-8-3-2-4-9-35/h2-13,28,30-31,37,47H,14-27,29H2,1H3,(H2,46,57)(H,48,55,59)/t37-/m0/s1. The highest BCUT2D eigenvalue weighted by atomic mass is 16.5. The molecule has 0 saturated carbocycles. The number of fused-ring (bicyclic) bond motifs is 1. The van der Waals surface area contributed by atoms with E-state index in [1.54, 1.807) is 24.3 Å². The molecular formula is C45H53N9O6. The first-order valence-electron chi connectivity index (χ1n) is 21.1. The van der Waals surface area contributed by atoms with E-state index in [0.29, 0.717) is 91.6 Å². The molecule has 0 aliphatic carbocycles. The molecule has 4 aliphatic heterocycles. The van der Waals surface area contributed by atoms with Crippen LogP contribution in [0, 0.1) is 11.8 Å². The molecule has 4 aliphatic rings. The first-order valence-corrected chi connectivity index (χ1v) is 21.1. The fourth-order valence-corrected chi connectivity index (χ4v) is 9.11. The van der Waals surface area contributed by atoms with Crippen molar-refractivity contribution in [3.63, 3.8) is 0 Å². The minimum atomic E-state index is -0.528. The zero-order chi connectivity index (χ0) is 41.8. The van der Waals surface area contributed by atoms with E-state index in [9.17, 15) is 24.0 Å². The highest BCUT2D eigenvalue weighted by molar-refractivity contribution is 6.06. The van der Waals surface area contributed by atoms with Gasteiger partial charge in [-0.3, -0.25) is 29.4 Å². The normalized spacial score (nSPS) is 18.8. The van der Waals surface area contributed by atoms with E-state index in [0.717, 1.165) is 50.0 Å². The van der Waals surface area contributed by atoms with Crippen LogP contribution in [0.4, 0.5) is 16.3 Å². The number of urea groups is 1. The first-order chi connectivity index (χ1) is 29.1. The van der Waals surface area contributed by atoms with Gasteiger partial charge in [0.2, 0.25) is 11.8 Å². The molecule has 3 aromatic carbocycles. The third-order valence-electron chi connectivity index (χ3n) is 12.4. The lowest BCUT2D eigenvalue weighted by Crippen LogP contribution is -2.49. The SMILES string of the molecule is CN(CCC(=O)N1CCC([C@@H]2CCNc3c(C(N)=O)c(-c4ccc(Oc5ccccc5)cc4)nn32)CC1)CC1CCN(C(=O)c2cccc(N3CCC(=O)NC3=O)c2)CC1. The molecule has 0 unspecified atom stereocenters. The highest BCUT2D eigenvalue weighted by Gasteiger charge is 2.36. The Labute approximate surface area is 349 Å². The summed E-state index contributed by atoms with van der Waals surface area (Å²) in [4.78, 5) is 71.2. The molecule has 0 spiro atoms. The van der Waals surface area contributed by atoms with Crippen molar-refractivity contribution >= 4 is 41.2 Å². The van der Waals surface area contributed by atoms with Gasteiger partial charge >= 0.3 is 6.03 Å². The number of benzene rings is 3. The Hall–Kier alpha value is -6.22. The number of hydrogen-bond acceptors (Lipinski definition) is 9. The Morgan fingerprint density at radius 3 is 2.28 bits per heavy atom. The molecule has 314 valence electrons. The number of carbonyl (C=O) groups excluding carboxylic acids is 5. The minimum absolute atomic E-state index is 0.0617. The molecule has 60 heavy (non-hydrogen) atoms. The van der Waals surface area contributed by atoms with Gasteiger partial charge in [0.25, 0.3) is 11.8 Å². The van der Waals surface area contributed by atoms with E-state index in [2.05, 4.69) is 22.6 Å². The Morgan fingerprint density at radius 1 is 0.850 bits per heavy atom. The number of hydrogen-bond donors (Lipinski definition) is 3. The molecule has 6 amide bonds. The number of amides is 6. The third-order valence-corrected chi connectivity index (χ3v) is 12.4. The van der Waals surface area contributed by atoms with E-state index in [1.807, 2.05) is 69.1 Å². The van der Waals surface area contributed by atoms with Gasteiger partial charge in [-0.25, -0.2) is 9.48 Å². The second kappa shape index (κ2) is 18.0. The second-order valence-corrected chi connectivity index (χ2v) is 16.4. The van der Waals surface area contributed by atoms with Crippen LogP contribution in [0.5, 0.6) is 11.5 Å². The molecule has 3 saturated heterocycles. The molecule has 8 rings (SSSR count). The van der Waals surface area contributed by atoms with E-state index in [4.69, 9.17) is 15.6 Å². The summed E-state index contributed by atoms with van der Waals surface area (Å²) in [5.74, 6) is 2.08. The van der Waals surface area contributed by atoms with Crippen LogP contribution in [0.2, 0.25) is 0 Å². The van der Waals surface area contributed by atoms with Crippen molar-refractivity contribution < 1.29 is 28.7 Å². The highest BCUT2D eigenvalue weighted by Crippen LogP contribution is 2.40. The maximum absolute atomic E-state index is 13.4. The molecule has 15 nitrogen and oxygen atoms in total. The summed E-state index contributed by atoms with van der Waals surface area (Å²) < 4.78 is 7.93. The van der Waals surface area contributed by atoms with Crippen molar-refractivity contribution in [2.75, 3.05) is 69.6 Å². The van der Waals surface area contributed by atoms with E-state index in [1.165, 1.54) is 4.90 Å². The van der Waals surface area contributed by atoms with Gasteiger partial charge in [-0.05, 0) is 106 Å². The summed E-state index contributed by atoms with van der Waals surface area (Å²) in [6.45, 7) is 5.19. The number of ether oxygens (including phenoxy) is 1. The van der Waals surface area contributed by atoms with E-state index < -0.39 is 11.9 Å². The largest absolute Gasteiger partial charge is 0.457 e. The molecule has 0 radical (unpaired) electrons. The number of aromatic nitrogens is 2. The lowest BCUT2D eigenvalue weighted by atomic mass is 9.86. The van der Waals surface area contributed by atoms with Crippen molar-refractivity contribution in [3.05, 3.63) is 90.0 Å².